The second-order valence-electron chi connectivity index (χ2n) is 5.27. The van der Waals surface area contributed by atoms with Crippen LogP contribution in [0.3, 0.4) is 0 Å². The molecule has 1 aliphatic heterocycles. The van der Waals surface area contributed by atoms with Gasteiger partial charge in [-0.05, 0) is 37.5 Å². The molecule has 0 aromatic heterocycles. The molecule has 4 heteroatoms. The molecule has 0 amide bonds. The molecule has 2 aromatic carbocycles. The Hall–Kier alpha value is -2.36. The monoisotopic (exact) mass is 286 g/mol. The summed E-state index contributed by atoms with van der Waals surface area (Å²) >= 11 is 0. The van der Waals surface area contributed by atoms with E-state index in [0.29, 0.717) is 11.5 Å². The van der Waals surface area contributed by atoms with Gasteiger partial charge < -0.3 is 19.7 Å². The third-order valence-corrected chi connectivity index (χ3v) is 3.98. The molecule has 110 valence electrons. The van der Waals surface area contributed by atoms with Crippen LogP contribution in [0.4, 0.5) is 0 Å². The first-order valence-electron chi connectivity index (χ1n) is 6.95. The first kappa shape index (κ1) is 13.6. The van der Waals surface area contributed by atoms with Crippen LogP contribution in [0.1, 0.15) is 29.2 Å². The Morgan fingerprint density at radius 3 is 2.57 bits per heavy atom. The SMILES string of the molecule is COc1cc2c(c(O)c1C)CC[C@@H](c1ccc(O)cc1)O2. The van der Waals surface area contributed by atoms with E-state index in [-0.39, 0.29) is 17.6 Å². The predicted molar refractivity (Wildman–Crippen MR) is 79.2 cm³/mol. The lowest BCUT2D eigenvalue weighted by Gasteiger charge is -2.28. The normalized spacial score (nSPS) is 17.0. The highest BCUT2D eigenvalue weighted by Crippen LogP contribution is 2.44. The fourth-order valence-electron chi connectivity index (χ4n) is 2.74. The Kier molecular flexibility index (Phi) is 3.37. The maximum absolute atomic E-state index is 10.3. The van der Waals surface area contributed by atoms with Gasteiger partial charge in [-0.3, -0.25) is 0 Å². The van der Waals surface area contributed by atoms with Gasteiger partial charge in [0.15, 0.2) is 0 Å². The van der Waals surface area contributed by atoms with E-state index in [9.17, 15) is 10.2 Å². The molecule has 0 unspecified atom stereocenters. The Bertz CT molecular complexity index is 661. The van der Waals surface area contributed by atoms with Gasteiger partial charge in [0, 0.05) is 17.2 Å². The van der Waals surface area contributed by atoms with E-state index in [1.165, 1.54) is 0 Å². The van der Waals surface area contributed by atoms with Crippen LogP contribution in [0.2, 0.25) is 0 Å². The first-order valence-corrected chi connectivity index (χ1v) is 6.95. The van der Waals surface area contributed by atoms with E-state index in [2.05, 4.69) is 0 Å². The summed E-state index contributed by atoms with van der Waals surface area (Å²) in [4.78, 5) is 0. The summed E-state index contributed by atoms with van der Waals surface area (Å²) in [6.45, 7) is 1.83. The molecule has 2 N–H and O–H groups in total. The summed E-state index contributed by atoms with van der Waals surface area (Å²) in [7, 11) is 1.58. The van der Waals surface area contributed by atoms with Crippen LogP contribution in [0, 0.1) is 6.92 Å². The van der Waals surface area contributed by atoms with Gasteiger partial charge in [0.25, 0.3) is 0 Å². The lowest BCUT2D eigenvalue weighted by Crippen LogP contribution is -2.15. The molecule has 0 saturated heterocycles. The highest BCUT2D eigenvalue weighted by Gasteiger charge is 2.26. The number of aromatic hydroxyl groups is 2. The van der Waals surface area contributed by atoms with E-state index in [4.69, 9.17) is 9.47 Å². The summed E-state index contributed by atoms with van der Waals surface area (Å²) in [6, 6.07) is 8.85. The van der Waals surface area contributed by atoms with Gasteiger partial charge in [0.1, 0.15) is 29.1 Å². The van der Waals surface area contributed by atoms with Gasteiger partial charge in [-0.25, -0.2) is 0 Å². The van der Waals surface area contributed by atoms with Gasteiger partial charge in [-0.2, -0.15) is 0 Å². The van der Waals surface area contributed by atoms with Crippen LogP contribution in [0.25, 0.3) is 0 Å². The molecule has 2 aromatic rings. The molecule has 0 saturated carbocycles. The summed E-state index contributed by atoms with van der Waals surface area (Å²) in [5.74, 6) is 1.79. The largest absolute Gasteiger partial charge is 0.508 e. The van der Waals surface area contributed by atoms with Gasteiger partial charge in [0.2, 0.25) is 0 Å². The minimum Gasteiger partial charge on any atom is -0.508 e. The number of benzene rings is 2. The van der Waals surface area contributed by atoms with E-state index in [0.717, 1.165) is 29.5 Å². The average Bonchev–Trinajstić information content (AvgIpc) is 2.51. The van der Waals surface area contributed by atoms with Crippen molar-refractivity contribution < 1.29 is 19.7 Å². The average molecular weight is 286 g/mol. The van der Waals surface area contributed by atoms with Crippen molar-refractivity contribution in [1.29, 1.82) is 0 Å². The fraction of sp³-hybridized carbons (Fsp3) is 0.294. The number of hydrogen-bond donors (Lipinski definition) is 2. The molecular formula is C17H18O4. The smallest absolute Gasteiger partial charge is 0.130 e. The van der Waals surface area contributed by atoms with Gasteiger partial charge >= 0.3 is 0 Å². The van der Waals surface area contributed by atoms with Crippen molar-refractivity contribution in [2.45, 2.75) is 25.9 Å². The van der Waals surface area contributed by atoms with Crippen molar-refractivity contribution in [3.8, 4) is 23.0 Å². The Morgan fingerprint density at radius 1 is 1.19 bits per heavy atom. The van der Waals surface area contributed by atoms with E-state index < -0.39 is 0 Å². The maximum Gasteiger partial charge on any atom is 0.130 e. The van der Waals surface area contributed by atoms with Crippen LogP contribution in [-0.2, 0) is 6.42 Å². The molecule has 0 aliphatic carbocycles. The number of hydrogen-bond acceptors (Lipinski definition) is 4. The van der Waals surface area contributed by atoms with E-state index >= 15 is 0 Å². The lowest BCUT2D eigenvalue weighted by atomic mass is 9.95. The fourth-order valence-corrected chi connectivity index (χ4v) is 2.74. The standard InChI is InChI=1S/C17H18O4/c1-10-15(20-2)9-16-13(17(10)19)7-8-14(21-16)11-3-5-12(18)6-4-11/h3-6,9,14,18-19H,7-8H2,1-2H3/t14-/m0/s1. The molecule has 3 rings (SSSR count). The van der Waals surface area contributed by atoms with Gasteiger partial charge in [0.05, 0.1) is 7.11 Å². The van der Waals surface area contributed by atoms with Crippen molar-refractivity contribution in [1.82, 2.24) is 0 Å². The Balaban J connectivity index is 1.95. The van der Waals surface area contributed by atoms with Crippen molar-refractivity contribution in [2.75, 3.05) is 7.11 Å². The molecule has 1 heterocycles. The molecule has 4 nitrogen and oxygen atoms in total. The number of rotatable bonds is 2. The van der Waals surface area contributed by atoms with Gasteiger partial charge in [-0.15, -0.1) is 0 Å². The second-order valence-corrected chi connectivity index (χ2v) is 5.27. The van der Waals surface area contributed by atoms with Crippen molar-refractivity contribution in [2.24, 2.45) is 0 Å². The highest BCUT2D eigenvalue weighted by atomic mass is 16.5. The number of ether oxygens (including phenoxy) is 2. The molecule has 0 radical (unpaired) electrons. The van der Waals surface area contributed by atoms with Crippen molar-refractivity contribution in [3.63, 3.8) is 0 Å². The van der Waals surface area contributed by atoms with Crippen LogP contribution in [0.15, 0.2) is 30.3 Å². The summed E-state index contributed by atoms with van der Waals surface area (Å²) in [6.07, 6.45) is 1.46. The molecule has 0 spiro atoms. The van der Waals surface area contributed by atoms with E-state index in [1.54, 1.807) is 19.2 Å². The Morgan fingerprint density at radius 2 is 1.90 bits per heavy atom. The minimum atomic E-state index is -0.0788. The van der Waals surface area contributed by atoms with Crippen molar-refractivity contribution >= 4 is 0 Å². The summed E-state index contributed by atoms with van der Waals surface area (Å²) < 4.78 is 11.3. The second kappa shape index (κ2) is 5.20. The third kappa shape index (κ3) is 2.37. The topological polar surface area (TPSA) is 58.9 Å². The molecular weight excluding hydrogens is 268 g/mol. The molecule has 0 bridgehead atoms. The highest BCUT2D eigenvalue weighted by molar-refractivity contribution is 5.57. The predicted octanol–water partition coefficient (Wildman–Crippen LogP) is 3.48. The number of fused-ring (bicyclic) bond motifs is 1. The van der Waals surface area contributed by atoms with Crippen molar-refractivity contribution in [3.05, 3.63) is 47.0 Å². The third-order valence-electron chi connectivity index (χ3n) is 3.98. The molecule has 1 atom stereocenters. The lowest BCUT2D eigenvalue weighted by molar-refractivity contribution is 0.173. The van der Waals surface area contributed by atoms with Crippen LogP contribution in [-0.4, -0.2) is 17.3 Å². The summed E-state index contributed by atoms with van der Waals surface area (Å²) in [5, 5.41) is 19.6. The van der Waals surface area contributed by atoms with Crippen LogP contribution >= 0.6 is 0 Å². The zero-order valence-electron chi connectivity index (χ0n) is 12.1. The zero-order valence-corrected chi connectivity index (χ0v) is 12.1. The first-order chi connectivity index (χ1) is 10.1. The van der Waals surface area contributed by atoms with Crippen LogP contribution < -0.4 is 9.47 Å². The summed E-state index contributed by atoms with van der Waals surface area (Å²) in [5.41, 5.74) is 2.59. The van der Waals surface area contributed by atoms with E-state index in [1.807, 2.05) is 25.1 Å². The minimum absolute atomic E-state index is 0.0788. The molecule has 1 aliphatic rings. The number of phenols is 2. The number of methoxy groups -OCH3 is 1. The molecule has 21 heavy (non-hydrogen) atoms. The quantitative estimate of drug-likeness (QED) is 0.887. The number of phenolic OH excluding ortho intramolecular Hbond substituents is 2. The van der Waals surface area contributed by atoms with Gasteiger partial charge in [-0.1, -0.05) is 12.1 Å². The maximum atomic E-state index is 10.3. The molecule has 0 fully saturated rings. The Labute approximate surface area is 123 Å². The van der Waals surface area contributed by atoms with Crippen LogP contribution in [0.5, 0.6) is 23.0 Å². The zero-order chi connectivity index (χ0) is 15.0.